The van der Waals surface area contributed by atoms with Crippen LogP contribution < -0.4 is 4.90 Å². The molecule has 1 heterocycles. The Morgan fingerprint density at radius 2 is 1.85 bits per heavy atom. The van der Waals surface area contributed by atoms with Gasteiger partial charge in [-0.25, -0.2) is 4.39 Å². The van der Waals surface area contributed by atoms with Crippen LogP contribution in [0.5, 0.6) is 0 Å². The fraction of sp³-hybridized carbons (Fsp3) is 0.286. The molecule has 1 amide bonds. The molecule has 0 N–H and O–H groups in total. The summed E-state index contributed by atoms with van der Waals surface area (Å²) in [5.41, 5.74) is 1.81. The first-order valence-corrected chi connectivity index (χ1v) is 8.85. The van der Waals surface area contributed by atoms with Gasteiger partial charge in [-0.3, -0.25) is 9.59 Å². The molecule has 6 heteroatoms. The van der Waals surface area contributed by atoms with Crippen molar-refractivity contribution in [3.05, 3.63) is 65.0 Å². The summed E-state index contributed by atoms with van der Waals surface area (Å²) in [6.45, 7) is 3.58. The van der Waals surface area contributed by atoms with Crippen LogP contribution >= 0.6 is 0 Å². The van der Waals surface area contributed by atoms with Crippen LogP contribution in [0.25, 0.3) is 0 Å². The molecule has 0 unspecified atom stereocenters. The molecule has 0 aromatic heterocycles. The second-order valence-electron chi connectivity index (χ2n) is 6.51. The number of anilines is 1. The highest BCUT2D eigenvalue weighted by Gasteiger charge is 2.23. The summed E-state index contributed by atoms with van der Waals surface area (Å²) in [5.74, 6) is -0.913. The van der Waals surface area contributed by atoms with Gasteiger partial charge in [0.1, 0.15) is 11.9 Å². The lowest BCUT2D eigenvalue weighted by Gasteiger charge is -2.25. The summed E-state index contributed by atoms with van der Waals surface area (Å²) >= 11 is 0. The van der Waals surface area contributed by atoms with Crippen molar-refractivity contribution in [1.29, 1.82) is 5.26 Å². The van der Waals surface area contributed by atoms with E-state index >= 15 is 0 Å². The van der Waals surface area contributed by atoms with Gasteiger partial charge < -0.3 is 9.80 Å². The van der Waals surface area contributed by atoms with Gasteiger partial charge in [0.25, 0.3) is 5.91 Å². The molecule has 0 spiro atoms. The van der Waals surface area contributed by atoms with Crippen LogP contribution in [0, 0.1) is 17.1 Å². The zero-order valence-electron chi connectivity index (χ0n) is 15.1. The summed E-state index contributed by atoms with van der Waals surface area (Å²) < 4.78 is 13.9. The second-order valence-corrected chi connectivity index (χ2v) is 6.51. The van der Waals surface area contributed by atoms with E-state index in [9.17, 15) is 19.2 Å². The van der Waals surface area contributed by atoms with Gasteiger partial charge in [-0.15, -0.1) is 0 Å². The number of rotatable bonds is 3. The molecule has 2 aromatic rings. The normalized spacial score (nSPS) is 14.4. The Balaban J connectivity index is 1.80. The average Bonchev–Trinajstić information content (AvgIpc) is 2.93. The molecule has 1 fully saturated rings. The van der Waals surface area contributed by atoms with Gasteiger partial charge in [0.2, 0.25) is 0 Å². The zero-order chi connectivity index (χ0) is 19.4. The summed E-state index contributed by atoms with van der Waals surface area (Å²) in [5, 5.41) is 9.40. The SMILES string of the molecule is CC(=O)c1ccc(C#N)c(N2CCCN(C(=O)c3ccccc3F)CC2)c1. The predicted molar refractivity (Wildman–Crippen MR) is 100 cm³/mol. The molecule has 0 bridgehead atoms. The topological polar surface area (TPSA) is 64.4 Å². The van der Waals surface area contributed by atoms with Gasteiger partial charge in [0.15, 0.2) is 5.78 Å². The lowest BCUT2D eigenvalue weighted by molar-refractivity contribution is 0.0762. The van der Waals surface area contributed by atoms with Crippen LogP contribution in [-0.4, -0.2) is 42.8 Å². The first-order chi connectivity index (χ1) is 13.0. The molecule has 0 atom stereocenters. The van der Waals surface area contributed by atoms with E-state index in [0.717, 1.165) is 0 Å². The van der Waals surface area contributed by atoms with Crippen LogP contribution in [0.15, 0.2) is 42.5 Å². The van der Waals surface area contributed by atoms with E-state index in [2.05, 4.69) is 6.07 Å². The van der Waals surface area contributed by atoms with E-state index in [4.69, 9.17) is 0 Å². The van der Waals surface area contributed by atoms with Crippen LogP contribution in [0.1, 0.15) is 39.6 Å². The van der Waals surface area contributed by atoms with E-state index in [0.29, 0.717) is 49.4 Å². The number of amides is 1. The van der Waals surface area contributed by atoms with Crippen molar-refractivity contribution in [2.45, 2.75) is 13.3 Å². The summed E-state index contributed by atoms with van der Waals surface area (Å²) in [4.78, 5) is 28.0. The molecule has 27 heavy (non-hydrogen) atoms. The minimum absolute atomic E-state index is 0.0630. The van der Waals surface area contributed by atoms with Crippen molar-refractivity contribution in [2.75, 3.05) is 31.1 Å². The number of benzene rings is 2. The zero-order valence-corrected chi connectivity index (χ0v) is 15.1. The molecule has 0 saturated carbocycles. The monoisotopic (exact) mass is 365 g/mol. The van der Waals surface area contributed by atoms with E-state index in [1.807, 2.05) is 4.90 Å². The second kappa shape index (κ2) is 8.00. The number of hydrogen-bond donors (Lipinski definition) is 0. The van der Waals surface area contributed by atoms with E-state index in [-0.39, 0.29) is 17.3 Å². The number of halogens is 1. The van der Waals surface area contributed by atoms with E-state index in [1.165, 1.54) is 19.1 Å². The quantitative estimate of drug-likeness (QED) is 0.783. The Morgan fingerprint density at radius 3 is 2.56 bits per heavy atom. The molecule has 0 radical (unpaired) electrons. The van der Waals surface area contributed by atoms with Crippen molar-refractivity contribution < 1.29 is 14.0 Å². The number of nitrogens with zero attached hydrogens (tertiary/aromatic N) is 3. The Hall–Kier alpha value is -3.20. The minimum Gasteiger partial charge on any atom is -0.369 e. The standard InChI is InChI=1S/C21H20FN3O2/c1-15(26)16-7-8-17(14-23)20(13-16)24-9-4-10-25(12-11-24)21(27)18-5-2-3-6-19(18)22/h2-3,5-8,13H,4,9-12H2,1H3. The molecule has 1 aliphatic rings. The van der Waals surface area contributed by atoms with Crippen LogP contribution in [0.3, 0.4) is 0 Å². The van der Waals surface area contributed by atoms with Crippen LogP contribution in [0.2, 0.25) is 0 Å². The first kappa shape index (κ1) is 18.6. The first-order valence-electron chi connectivity index (χ1n) is 8.85. The van der Waals surface area contributed by atoms with Crippen molar-refractivity contribution in [3.63, 3.8) is 0 Å². The third-order valence-corrected chi connectivity index (χ3v) is 4.75. The molecular formula is C21H20FN3O2. The van der Waals surface area contributed by atoms with Crippen molar-refractivity contribution >= 4 is 17.4 Å². The molecular weight excluding hydrogens is 345 g/mol. The largest absolute Gasteiger partial charge is 0.369 e. The van der Waals surface area contributed by atoms with Crippen molar-refractivity contribution in [2.24, 2.45) is 0 Å². The van der Waals surface area contributed by atoms with Crippen LogP contribution in [-0.2, 0) is 0 Å². The lowest BCUT2D eigenvalue weighted by atomic mass is 10.1. The van der Waals surface area contributed by atoms with Gasteiger partial charge in [0.05, 0.1) is 16.8 Å². The molecule has 138 valence electrons. The molecule has 1 aliphatic heterocycles. The smallest absolute Gasteiger partial charge is 0.256 e. The number of carbonyl (C=O) groups is 2. The molecule has 3 rings (SSSR count). The molecule has 5 nitrogen and oxygen atoms in total. The predicted octanol–water partition coefficient (Wildman–Crippen LogP) is 3.25. The van der Waals surface area contributed by atoms with Crippen LogP contribution in [0.4, 0.5) is 10.1 Å². The maximum Gasteiger partial charge on any atom is 0.256 e. The Labute approximate surface area is 157 Å². The Morgan fingerprint density at radius 1 is 1.07 bits per heavy atom. The third kappa shape index (κ3) is 3.98. The molecule has 1 saturated heterocycles. The highest BCUT2D eigenvalue weighted by atomic mass is 19.1. The fourth-order valence-electron chi connectivity index (χ4n) is 3.27. The average molecular weight is 365 g/mol. The Bertz CT molecular complexity index is 920. The van der Waals surface area contributed by atoms with E-state index in [1.54, 1.807) is 35.2 Å². The molecule has 0 aliphatic carbocycles. The summed E-state index contributed by atoms with van der Waals surface area (Å²) in [6, 6.07) is 13.2. The van der Waals surface area contributed by atoms with Crippen molar-refractivity contribution in [3.8, 4) is 6.07 Å². The summed E-state index contributed by atoms with van der Waals surface area (Å²) in [6.07, 6.45) is 0.690. The maximum atomic E-state index is 13.9. The van der Waals surface area contributed by atoms with Gasteiger partial charge in [-0.1, -0.05) is 12.1 Å². The lowest BCUT2D eigenvalue weighted by Crippen LogP contribution is -2.35. The van der Waals surface area contributed by atoms with E-state index < -0.39 is 5.82 Å². The minimum atomic E-state index is -0.524. The fourth-order valence-corrected chi connectivity index (χ4v) is 3.27. The van der Waals surface area contributed by atoms with Gasteiger partial charge in [-0.2, -0.15) is 5.26 Å². The highest BCUT2D eigenvalue weighted by molar-refractivity contribution is 5.96. The summed E-state index contributed by atoms with van der Waals surface area (Å²) in [7, 11) is 0. The number of nitriles is 1. The third-order valence-electron chi connectivity index (χ3n) is 4.75. The molecule has 2 aromatic carbocycles. The van der Waals surface area contributed by atoms with Gasteiger partial charge >= 0.3 is 0 Å². The number of carbonyl (C=O) groups excluding carboxylic acids is 2. The number of hydrogen-bond acceptors (Lipinski definition) is 4. The maximum absolute atomic E-state index is 13.9. The number of ketones is 1. The Kier molecular flexibility index (Phi) is 5.51. The van der Waals surface area contributed by atoms with Gasteiger partial charge in [-0.05, 0) is 43.7 Å². The number of Topliss-reactive ketones (excluding diaryl/α,β-unsaturated/α-hetero) is 1. The highest BCUT2D eigenvalue weighted by Crippen LogP contribution is 2.24. The van der Waals surface area contributed by atoms with Crippen molar-refractivity contribution in [1.82, 2.24) is 4.90 Å². The van der Waals surface area contributed by atoms with Gasteiger partial charge in [0, 0.05) is 31.7 Å².